The molecule has 0 bridgehead atoms. The monoisotopic (exact) mass is 209 g/mol. The molecule has 2 heteroatoms. The van der Waals surface area contributed by atoms with Gasteiger partial charge in [-0.25, -0.2) is 0 Å². The summed E-state index contributed by atoms with van der Waals surface area (Å²) < 4.78 is 0. The molecule has 0 aliphatic rings. The lowest BCUT2D eigenvalue weighted by atomic mass is 9.98. The van der Waals surface area contributed by atoms with Crippen molar-refractivity contribution in [3.05, 3.63) is 28.8 Å². The van der Waals surface area contributed by atoms with Gasteiger partial charge in [0.15, 0.2) is 0 Å². The van der Waals surface area contributed by atoms with Crippen LogP contribution in [0.1, 0.15) is 23.6 Å². The second-order valence-electron chi connectivity index (χ2n) is 3.91. The highest BCUT2D eigenvalue weighted by molar-refractivity contribution is 7.98. The maximum absolute atomic E-state index is 5.83. The number of nitrogens with two attached hydrogens (primary N) is 1. The third-order valence-corrected chi connectivity index (χ3v) is 3.23. The van der Waals surface area contributed by atoms with Crippen LogP contribution >= 0.6 is 11.8 Å². The van der Waals surface area contributed by atoms with Crippen LogP contribution in [0.15, 0.2) is 17.0 Å². The molecule has 1 nitrogen and oxygen atoms in total. The van der Waals surface area contributed by atoms with E-state index in [2.05, 4.69) is 39.2 Å². The zero-order valence-electron chi connectivity index (χ0n) is 9.42. The molecule has 1 unspecified atom stereocenters. The van der Waals surface area contributed by atoms with E-state index in [1.54, 1.807) is 11.8 Å². The molecule has 0 amide bonds. The summed E-state index contributed by atoms with van der Waals surface area (Å²) >= 11 is 1.79. The van der Waals surface area contributed by atoms with Gasteiger partial charge < -0.3 is 5.73 Å². The highest BCUT2D eigenvalue weighted by Crippen LogP contribution is 2.23. The summed E-state index contributed by atoms with van der Waals surface area (Å²) in [7, 11) is 0. The van der Waals surface area contributed by atoms with Crippen LogP contribution < -0.4 is 5.73 Å². The van der Waals surface area contributed by atoms with Crippen molar-refractivity contribution in [2.45, 2.75) is 38.1 Å². The Morgan fingerprint density at radius 3 is 2.50 bits per heavy atom. The van der Waals surface area contributed by atoms with Crippen LogP contribution in [0, 0.1) is 13.8 Å². The van der Waals surface area contributed by atoms with Gasteiger partial charge in [-0.05, 0) is 62.3 Å². The van der Waals surface area contributed by atoms with Gasteiger partial charge in [0.25, 0.3) is 0 Å². The topological polar surface area (TPSA) is 26.0 Å². The fraction of sp³-hybridized carbons (Fsp3) is 0.500. The molecule has 0 radical (unpaired) electrons. The van der Waals surface area contributed by atoms with Crippen LogP contribution in [0.4, 0.5) is 0 Å². The average molecular weight is 209 g/mol. The summed E-state index contributed by atoms with van der Waals surface area (Å²) in [6.07, 6.45) is 3.08. The molecule has 0 spiro atoms. The van der Waals surface area contributed by atoms with Crippen molar-refractivity contribution in [3.8, 4) is 0 Å². The van der Waals surface area contributed by atoms with Crippen molar-refractivity contribution in [2.75, 3.05) is 6.26 Å². The van der Waals surface area contributed by atoms with E-state index in [0.29, 0.717) is 0 Å². The van der Waals surface area contributed by atoms with Crippen molar-refractivity contribution >= 4 is 11.8 Å². The van der Waals surface area contributed by atoms with Crippen molar-refractivity contribution in [1.82, 2.24) is 0 Å². The van der Waals surface area contributed by atoms with E-state index < -0.39 is 0 Å². The Balaban J connectivity index is 3.07. The molecule has 78 valence electrons. The minimum absolute atomic E-state index is 0.241. The summed E-state index contributed by atoms with van der Waals surface area (Å²) in [4.78, 5) is 1.34. The van der Waals surface area contributed by atoms with Gasteiger partial charge >= 0.3 is 0 Å². The summed E-state index contributed by atoms with van der Waals surface area (Å²) in [5.41, 5.74) is 9.98. The van der Waals surface area contributed by atoms with Crippen LogP contribution in [-0.2, 0) is 6.42 Å². The van der Waals surface area contributed by atoms with E-state index in [1.807, 2.05) is 0 Å². The smallest absolute Gasteiger partial charge is 0.00747 e. The van der Waals surface area contributed by atoms with Gasteiger partial charge in [-0.1, -0.05) is 0 Å². The van der Waals surface area contributed by atoms with E-state index in [4.69, 9.17) is 5.73 Å². The van der Waals surface area contributed by atoms with E-state index in [-0.39, 0.29) is 6.04 Å². The van der Waals surface area contributed by atoms with Crippen molar-refractivity contribution < 1.29 is 0 Å². The first-order valence-corrected chi connectivity index (χ1v) is 6.16. The third-order valence-electron chi connectivity index (χ3n) is 2.53. The summed E-state index contributed by atoms with van der Waals surface area (Å²) in [6, 6.07) is 4.74. The van der Waals surface area contributed by atoms with Gasteiger partial charge in [-0.15, -0.1) is 11.8 Å². The van der Waals surface area contributed by atoms with E-state index in [1.165, 1.54) is 21.6 Å². The number of benzene rings is 1. The standard InChI is InChI=1S/C12H19NS/c1-8-5-12(14-4)7-11(10(8)3)6-9(2)13/h5,7,9H,6,13H2,1-4H3. The molecule has 2 N–H and O–H groups in total. The molecular formula is C12H19NS. The Kier molecular flexibility index (Phi) is 4.02. The molecule has 0 heterocycles. The molecule has 0 saturated carbocycles. The van der Waals surface area contributed by atoms with Crippen LogP contribution in [0.5, 0.6) is 0 Å². The fourth-order valence-corrected chi connectivity index (χ4v) is 2.13. The number of hydrogen-bond donors (Lipinski definition) is 1. The summed E-state index contributed by atoms with van der Waals surface area (Å²) in [5.74, 6) is 0. The molecule has 0 aliphatic heterocycles. The number of rotatable bonds is 3. The predicted octanol–water partition coefficient (Wildman–Crippen LogP) is 2.92. The minimum Gasteiger partial charge on any atom is -0.328 e. The predicted molar refractivity (Wildman–Crippen MR) is 65.1 cm³/mol. The van der Waals surface area contributed by atoms with E-state index in [9.17, 15) is 0 Å². The quantitative estimate of drug-likeness (QED) is 0.775. The first kappa shape index (κ1) is 11.6. The molecule has 14 heavy (non-hydrogen) atoms. The Labute approximate surface area is 91.1 Å². The zero-order valence-corrected chi connectivity index (χ0v) is 10.2. The van der Waals surface area contributed by atoms with Gasteiger partial charge in [-0.2, -0.15) is 0 Å². The molecule has 0 fully saturated rings. The second kappa shape index (κ2) is 4.85. The first-order valence-electron chi connectivity index (χ1n) is 4.94. The molecule has 0 saturated heterocycles. The maximum Gasteiger partial charge on any atom is 0.00747 e. The normalized spacial score (nSPS) is 12.9. The van der Waals surface area contributed by atoms with E-state index >= 15 is 0 Å². The number of hydrogen-bond acceptors (Lipinski definition) is 2. The summed E-state index contributed by atoms with van der Waals surface area (Å²) in [6.45, 7) is 6.40. The highest BCUT2D eigenvalue weighted by atomic mass is 32.2. The first-order chi connectivity index (χ1) is 6.54. The molecular weight excluding hydrogens is 190 g/mol. The lowest BCUT2D eigenvalue weighted by molar-refractivity contribution is 0.732. The minimum atomic E-state index is 0.241. The molecule has 1 atom stereocenters. The zero-order chi connectivity index (χ0) is 10.7. The lowest BCUT2D eigenvalue weighted by Crippen LogP contribution is -2.18. The third kappa shape index (κ3) is 2.76. The lowest BCUT2D eigenvalue weighted by Gasteiger charge is -2.12. The average Bonchev–Trinajstić information content (AvgIpc) is 2.11. The van der Waals surface area contributed by atoms with Crippen LogP contribution in [-0.4, -0.2) is 12.3 Å². The number of thioether (sulfide) groups is 1. The van der Waals surface area contributed by atoms with Gasteiger partial charge in [0.1, 0.15) is 0 Å². The molecule has 1 aromatic carbocycles. The number of aryl methyl sites for hydroxylation is 1. The Bertz CT molecular complexity index is 318. The van der Waals surface area contributed by atoms with Crippen molar-refractivity contribution in [3.63, 3.8) is 0 Å². The molecule has 0 aliphatic carbocycles. The van der Waals surface area contributed by atoms with Crippen molar-refractivity contribution in [2.24, 2.45) is 5.73 Å². The van der Waals surface area contributed by atoms with Gasteiger partial charge in [0.05, 0.1) is 0 Å². The highest BCUT2D eigenvalue weighted by Gasteiger charge is 2.05. The van der Waals surface area contributed by atoms with Crippen LogP contribution in [0.2, 0.25) is 0 Å². The SMILES string of the molecule is CSc1cc(C)c(C)c(CC(C)N)c1. The Hall–Kier alpha value is -0.470. The van der Waals surface area contributed by atoms with Crippen LogP contribution in [0.3, 0.4) is 0 Å². The molecule has 0 aromatic heterocycles. The fourth-order valence-electron chi connectivity index (χ4n) is 1.57. The molecule has 1 aromatic rings. The Morgan fingerprint density at radius 1 is 1.36 bits per heavy atom. The summed E-state index contributed by atoms with van der Waals surface area (Å²) in [5, 5.41) is 0. The largest absolute Gasteiger partial charge is 0.328 e. The maximum atomic E-state index is 5.83. The van der Waals surface area contributed by atoms with Crippen LogP contribution in [0.25, 0.3) is 0 Å². The van der Waals surface area contributed by atoms with Gasteiger partial charge in [0.2, 0.25) is 0 Å². The van der Waals surface area contributed by atoms with Crippen molar-refractivity contribution in [1.29, 1.82) is 0 Å². The van der Waals surface area contributed by atoms with Gasteiger partial charge in [-0.3, -0.25) is 0 Å². The van der Waals surface area contributed by atoms with Gasteiger partial charge in [0, 0.05) is 10.9 Å². The van der Waals surface area contributed by atoms with E-state index in [0.717, 1.165) is 6.42 Å². The Morgan fingerprint density at radius 2 is 2.00 bits per heavy atom. The molecule has 1 rings (SSSR count). The second-order valence-corrected chi connectivity index (χ2v) is 4.79.